The van der Waals surface area contributed by atoms with Gasteiger partial charge in [-0.2, -0.15) is 0 Å². The second kappa shape index (κ2) is 9.18. The molecule has 1 amide bonds. The minimum atomic E-state index is -0.976. The topological polar surface area (TPSA) is 79.3 Å². The summed E-state index contributed by atoms with van der Waals surface area (Å²) in [7, 11) is 1.84. The van der Waals surface area contributed by atoms with E-state index in [-0.39, 0.29) is 18.0 Å². The van der Waals surface area contributed by atoms with E-state index in [1.54, 1.807) is 11.0 Å². The first-order valence-corrected chi connectivity index (χ1v) is 14.7. The summed E-state index contributed by atoms with van der Waals surface area (Å²) < 4.78 is 12.4. The van der Waals surface area contributed by atoms with Gasteiger partial charge in [0.25, 0.3) is 0 Å². The average Bonchev–Trinajstić information content (AvgIpc) is 3.66. The van der Waals surface area contributed by atoms with Crippen molar-refractivity contribution in [2.75, 3.05) is 20.1 Å². The quantitative estimate of drug-likeness (QED) is 0.338. The summed E-state index contributed by atoms with van der Waals surface area (Å²) in [6, 6.07) is 11.7. The van der Waals surface area contributed by atoms with Crippen LogP contribution in [0.1, 0.15) is 61.3 Å². The Morgan fingerprint density at radius 3 is 2.77 bits per heavy atom. The number of piperidine rings is 1. The third-order valence-corrected chi connectivity index (χ3v) is 10.3. The summed E-state index contributed by atoms with van der Waals surface area (Å²) >= 11 is 0. The van der Waals surface area contributed by atoms with E-state index in [2.05, 4.69) is 17.0 Å². The fraction of sp³-hybridized carbons (Fsp3) is 0.515. The molecule has 7 rings (SSSR count). The maximum atomic E-state index is 13.5. The Hall–Kier alpha value is -3.16. The highest BCUT2D eigenvalue weighted by Crippen LogP contribution is 2.66. The van der Waals surface area contributed by atoms with Gasteiger partial charge in [-0.05, 0) is 81.2 Å². The van der Waals surface area contributed by atoms with E-state index < -0.39 is 23.1 Å². The third-order valence-electron chi connectivity index (χ3n) is 10.3. The zero-order valence-corrected chi connectivity index (χ0v) is 23.6. The van der Waals surface area contributed by atoms with Gasteiger partial charge >= 0.3 is 5.97 Å². The Balaban J connectivity index is 1.27. The first kappa shape index (κ1) is 25.8. The average molecular weight is 543 g/mol. The van der Waals surface area contributed by atoms with Crippen LogP contribution >= 0.6 is 0 Å². The van der Waals surface area contributed by atoms with Gasteiger partial charge in [0.05, 0.1) is 17.1 Å². The van der Waals surface area contributed by atoms with Gasteiger partial charge < -0.3 is 19.5 Å². The molecule has 0 radical (unpaired) electrons. The molecule has 2 bridgehead atoms. The number of likely N-dealkylation sites (tertiary alicyclic amines) is 1. The summed E-state index contributed by atoms with van der Waals surface area (Å²) in [5.41, 5.74) is 2.66. The van der Waals surface area contributed by atoms with Crippen LogP contribution < -0.4 is 9.47 Å². The minimum absolute atomic E-state index is 0.00847. The van der Waals surface area contributed by atoms with Crippen molar-refractivity contribution >= 4 is 18.0 Å². The molecular formula is C33H38N2O5. The van der Waals surface area contributed by atoms with E-state index in [1.165, 1.54) is 19.8 Å². The molecule has 1 spiro atoms. The van der Waals surface area contributed by atoms with Crippen LogP contribution in [-0.4, -0.2) is 70.7 Å². The largest absolute Gasteiger partial charge is 0.483 e. The van der Waals surface area contributed by atoms with Gasteiger partial charge in [0.15, 0.2) is 11.5 Å². The van der Waals surface area contributed by atoms with E-state index >= 15 is 0 Å². The number of carbonyl (C=O) groups excluding carboxylic acids is 2. The molecule has 2 saturated carbocycles. The molecule has 5 atom stereocenters. The highest BCUT2D eigenvalue weighted by molar-refractivity contribution is 5.92. The SMILES string of the molecule is CC(=O)Oc1ccc2c3c1OC1C(N(C)C(=O)/C=C/c4cccc(C)c4)CC[C@@]4(O)[C@@H](C2)N(CC2CC2)CC[C@]314. The highest BCUT2D eigenvalue weighted by Gasteiger charge is 2.73. The number of rotatable bonds is 6. The van der Waals surface area contributed by atoms with Crippen molar-refractivity contribution in [1.29, 1.82) is 0 Å². The molecule has 40 heavy (non-hydrogen) atoms. The molecule has 1 saturated heterocycles. The first-order valence-electron chi connectivity index (χ1n) is 14.7. The van der Waals surface area contributed by atoms with Gasteiger partial charge in [-0.3, -0.25) is 14.5 Å². The van der Waals surface area contributed by atoms with Crippen molar-refractivity contribution in [1.82, 2.24) is 9.80 Å². The number of ether oxygens (including phenoxy) is 2. The Kier molecular flexibility index (Phi) is 5.92. The number of benzene rings is 2. The van der Waals surface area contributed by atoms with Crippen LogP contribution in [0.5, 0.6) is 11.5 Å². The van der Waals surface area contributed by atoms with E-state index in [4.69, 9.17) is 9.47 Å². The molecule has 7 nitrogen and oxygen atoms in total. The normalized spacial score (nSPS) is 31.9. The fourth-order valence-corrected chi connectivity index (χ4v) is 8.30. The molecule has 5 aliphatic rings. The molecule has 2 unspecified atom stereocenters. The molecular weight excluding hydrogens is 504 g/mol. The lowest BCUT2D eigenvalue weighted by molar-refractivity contribution is -0.200. The first-order chi connectivity index (χ1) is 19.2. The monoisotopic (exact) mass is 542 g/mol. The molecule has 1 N–H and O–H groups in total. The number of amides is 1. The summed E-state index contributed by atoms with van der Waals surface area (Å²) in [4.78, 5) is 29.8. The summed E-state index contributed by atoms with van der Waals surface area (Å²) in [5, 5.41) is 12.8. The molecule has 3 fully saturated rings. The molecule has 7 heteroatoms. The third kappa shape index (κ3) is 3.77. The lowest BCUT2D eigenvalue weighted by Gasteiger charge is -2.64. The maximum Gasteiger partial charge on any atom is 0.308 e. The van der Waals surface area contributed by atoms with Gasteiger partial charge in [0.1, 0.15) is 6.10 Å². The summed E-state index contributed by atoms with van der Waals surface area (Å²) in [6.07, 6.45) is 8.35. The predicted octanol–water partition coefficient (Wildman–Crippen LogP) is 4.02. The fourth-order valence-electron chi connectivity index (χ4n) is 8.30. The summed E-state index contributed by atoms with van der Waals surface area (Å²) in [5.74, 6) is 1.22. The number of hydrogen-bond acceptors (Lipinski definition) is 6. The molecule has 2 aromatic rings. The lowest BCUT2D eigenvalue weighted by Crippen LogP contribution is -2.78. The second-order valence-electron chi connectivity index (χ2n) is 12.7. The number of nitrogens with zero attached hydrogens (tertiary/aromatic N) is 2. The van der Waals surface area contributed by atoms with Crippen LogP contribution in [0, 0.1) is 12.8 Å². The number of aryl methyl sites for hydroxylation is 1. The maximum absolute atomic E-state index is 13.5. The number of hydrogen-bond donors (Lipinski definition) is 1. The van der Waals surface area contributed by atoms with E-state index in [0.29, 0.717) is 24.3 Å². The van der Waals surface area contributed by atoms with Crippen LogP contribution in [0.25, 0.3) is 6.08 Å². The van der Waals surface area contributed by atoms with Crippen molar-refractivity contribution in [2.24, 2.45) is 5.92 Å². The molecule has 210 valence electrons. The zero-order chi connectivity index (χ0) is 27.8. The Morgan fingerprint density at radius 1 is 1.20 bits per heavy atom. The van der Waals surface area contributed by atoms with Crippen LogP contribution in [-0.2, 0) is 21.4 Å². The zero-order valence-electron chi connectivity index (χ0n) is 23.6. The van der Waals surface area contributed by atoms with Gasteiger partial charge in [-0.1, -0.05) is 35.9 Å². The number of esters is 1. The van der Waals surface area contributed by atoms with Crippen LogP contribution in [0.4, 0.5) is 0 Å². The number of likely N-dealkylation sites (N-methyl/N-ethyl adjacent to an activating group) is 1. The van der Waals surface area contributed by atoms with Crippen molar-refractivity contribution < 1.29 is 24.2 Å². The van der Waals surface area contributed by atoms with Crippen molar-refractivity contribution in [3.05, 3.63) is 64.7 Å². The minimum Gasteiger partial charge on any atom is -0.483 e. The number of aliphatic hydroxyl groups is 1. The molecule has 2 aromatic carbocycles. The van der Waals surface area contributed by atoms with Crippen LogP contribution in [0.15, 0.2) is 42.5 Å². The van der Waals surface area contributed by atoms with Crippen molar-refractivity contribution in [3.63, 3.8) is 0 Å². The van der Waals surface area contributed by atoms with Crippen LogP contribution in [0.3, 0.4) is 0 Å². The van der Waals surface area contributed by atoms with E-state index in [0.717, 1.165) is 54.1 Å². The molecule has 2 heterocycles. The van der Waals surface area contributed by atoms with Gasteiger partial charge in [0, 0.05) is 38.2 Å². The van der Waals surface area contributed by atoms with Crippen LogP contribution in [0.2, 0.25) is 0 Å². The highest BCUT2D eigenvalue weighted by atomic mass is 16.6. The van der Waals surface area contributed by atoms with Gasteiger partial charge in [-0.15, -0.1) is 0 Å². The van der Waals surface area contributed by atoms with Gasteiger partial charge in [0.2, 0.25) is 5.91 Å². The summed E-state index contributed by atoms with van der Waals surface area (Å²) in [6.45, 7) is 5.35. The molecule has 3 aliphatic carbocycles. The second-order valence-corrected chi connectivity index (χ2v) is 12.7. The number of carbonyl (C=O) groups is 2. The smallest absolute Gasteiger partial charge is 0.308 e. The van der Waals surface area contributed by atoms with Gasteiger partial charge in [-0.25, -0.2) is 0 Å². The van der Waals surface area contributed by atoms with Crippen molar-refractivity contribution in [3.8, 4) is 11.5 Å². The standard InChI is InChI=1S/C33H38N2O5/c1-20-5-4-6-22(17-20)9-12-28(37)34(3)25-13-14-33(38)27-18-24-10-11-26(39-21(2)36)30-29(24)32(33,31(25)40-30)15-16-35(27)19-23-7-8-23/h4-6,9-12,17,23,25,27,31,38H,7-8,13-16,18-19H2,1-3H3/b12-9+/t25?,27-,31?,32+,33-/m1/s1. The lowest BCUT2D eigenvalue weighted by atomic mass is 9.48. The van der Waals surface area contributed by atoms with Crippen molar-refractivity contribution in [2.45, 2.75) is 81.6 Å². The Labute approximate surface area is 235 Å². The van der Waals surface area contributed by atoms with E-state index in [1.807, 2.05) is 44.3 Å². The Bertz CT molecular complexity index is 1420. The molecule has 0 aromatic heterocycles. The Morgan fingerprint density at radius 2 is 2.02 bits per heavy atom. The predicted molar refractivity (Wildman–Crippen MR) is 151 cm³/mol. The molecule has 2 aliphatic heterocycles. The van der Waals surface area contributed by atoms with E-state index in [9.17, 15) is 14.7 Å².